The molecule has 0 atom stereocenters. The van der Waals surface area contributed by atoms with Gasteiger partial charge in [-0.1, -0.05) is 12.2 Å². The van der Waals surface area contributed by atoms with Gasteiger partial charge in [0.15, 0.2) is 9.84 Å². The van der Waals surface area contributed by atoms with Gasteiger partial charge in [0.25, 0.3) is 0 Å². The monoisotopic (exact) mass is 181 g/mol. The SMILES string of the molecule is CC(C)(C(N)=S)S(C)(=O)=O. The van der Waals surface area contributed by atoms with Crippen LogP contribution in [0.2, 0.25) is 0 Å². The Morgan fingerprint density at radius 1 is 1.50 bits per heavy atom. The van der Waals surface area contributed by atoms with Crippen molar-refractivity contribution in [2.75, 3.05) is 6.26 Å². The molecule has 10 heavy (non-hydrogen) atoms. The number of sulfone groups is 1. The van der Waals surface area contributed by atoms with Gasteiger partial charge in [-0.25, -0.2) is 8.42 Å². The molecular weight excluding hydrogens is 170 g/mol. The van der Waals surface area contributed by atoms with Crippen molar-refractivity contribution >= 4 is 27.0 Å². The Labute approximate surface area is 66.5 Å². The fourth-order valence-corrected chi connectivity index (χ4v) is 1.00. The van der Waals surface area contributed by atoms with E-state index in [-0.39, 0.29) is 4.99 Å². The average molecular weight is 181 g/mol. The van der Waals surface area contributed by atoms with Crippen molar-refractivity contribution < 1.29 is 8.42 Å². The van der Waals surface area contributed by atoms with E-state index in [0.29, 0.717) is 0 Å². The van der Waals surface area contributed by atoms with Crippen molar-refractivity contribution in [3.05, 3.63) is 0 Å². The first kappa shape index (κ1) is 9.84. The second-order valence-corrected chi connectivity index (χ2v) is 5.65. The van der Waals surface area contributed by atoms with E-state index in [1.807, 2.05) is 0 Å². The van der Waals surface area contributed by atoms with E-state index in [1.165, 1.54) is 13.8 Å². The van der Waals surface area contributed by atoms with Gasteiger partial charge in [0.05, 0.1) is 4.99 Å². The van der Waals surface area contributed by atoms with Crippen molar-refractivity contribution in [3.63, 3.8) is 0 Å². The summed E-state index contributed by atoms with van der Waals surface area (Å²) < 4.78 is 20.8. The highest BCUT2D eigenvalue weighted by Gasteiger charge is 2.32. The summed E-state index contributed by atoms with van der Waals surface area (Å²) in [7, 11) is -3.17. The Bertz CT molecular complexity index is 240. The largest absolute Gasteiger partial charge is 0.392 e. The minimum Gasteiger partial charge on any atom is -0.392 e. The van der Waals surface area contributed by atoms with Crippen LogP contribution in [0.1, 0.15) is 13.8 Å². The lowest BCUT2D eigenvalue weighted by molar-refractivity contribution is 0.584. The molecule has 0 aromatic rings. The van der Waals surface area contributed by atoms with E-state index >= 15 is 0 Å². The summed E-state index contributed by atoms with van der Waals surface area (Å²) in [5.41, 5.74) is 5.21. The summed E-state index contributed by atoms with van der Waals surface area (Å²) in [6.07, 6.45) is 1.12. The molecule has 0 spiro atoms. The van der Waals surface area contributed by atoms with E-state index in [1.54, 1.807) is 0 Å². The summed E-state index contributed by atoms with van der Waals surface area (Å²) in [6, 6.07) is 0. The first-order valence-electron chi connectivity index (χ1n) is 2.69. The van der Waals surface area contributed by atoms with Crippen LogP contribution in [0.4, 0.5) is 0 Å². The molecule has 2 N–H and O–H groups in total. The van der Waals surface area contributed by atoms with Crippen LogP contribution in [0.15, 0.2) is 0 Å². The molecule has 0 saturated carbocycles. The van der Waals surface area contributed by atoms with Crippen molar-refractivity contribution in [2.24, 2.45) is 5.73 Å². The molecule has 0 saturated heterocycles. The molecule has 5 heteroatoms. The molecule has 0 heterocycles. The molecule has 0 aliphatic rings. The van der Waals surface area contributed by atoms with Crippen molar-refractivity contribution in [3.8, 4) is 0 Å². The zero-order valence-electron chi connectivity index (χ0n) is 6.21. The lowest BCUT2D eigenvalue weighted by Gasteiger charge is -2.19. The smallest absolute Gasteiger partial charge is 0.159 e. The highest BCUT2D eigenvalue weighted by molar-refractivity contribution is 7.94. The van der Waals surface area contributed by atoms with Crippen molar-refractivity contribution in [1.82, 2.24) is 0 Å². The molecule has 0 aliphatic heterocycles. The van der Waals surface area contributed by atoms with Gasteiger partial charge in [-0.3, -0.25) is 0 Å². The van der Waals surface area contributed by atoms with Gasteiger partial charge < -0.3 is 5.73 Å². The Hall–Kier alpha value is -0.160. The van der Waals surface area contributed by atoms with Crippen molar-refractivity contribution in [1.29, 1.82) is 0 Å². The molecule has 3 nitrogen and oxygen atoms in total. The molecule has 0 radical (unpaired) electrons. The standard InChI is InChI=1S/C5H11NO2S2/c1-5(2,4(6)9)10(3,7)8/h1-3H3,(H2,6,9). The van der Waals surface area contributed by atoms with Gasteiger partial charge in [-0.15, -0.1) is 0 Å². The molecular formula is C5H11NO2S2. The lowest BCUT2D eigenvalue weighted by Crippen LogP contribution is -2.43. The third kappa shape index (κ3) is 1.67. The molecule has 0 fully saturated rings. The maximum Gasteiger partial charge on any atom is 0.159 e. The molecule has 0 aromatic carbocycles. The number of hydrogen-bond donors (Lipinski definition) is 1. The maximum absolute atomic E-state index is 10.9. The summed E-state index contributed by atoms with van der Waals surface area (Å²) in [6.45, 7) is 2.98. The predicted octanol–water partition coefficient (Wildman–Crippen LogP) is 0.0957. The van der Waals surface area contributed by atoms with Crippen LogP contribution in [0.25, 0.3) is 0 Å². The quantitative estimate of drug-likeness (QED) is 0.614. The van der Waals surface area contributed by atoms with Crippen LogP contribution < -0.4 is 5.73 Å². The molecule has 60 valence electrons. The van der Waals surface area contributed by atoms with E-state index in [4.69, 9.17) is 5.73 Å². The van der Waals surface area contributed by atoms with Gasteiger partial charge in [0.1, 0.15) is 4.75 Å². The Morgan fingerprint density at radius 3 is 1.80 bits per heavy atom. The van der Waals surface area contributed by atoms with Crippen LogP contribution >= 0.6 is 12.2 Å². The summed E-state index contributed by atoms with van der Waals surface area (Å²) in [5.74, 6) is 0. The fourth-order valence-electron chi connectivity index (χ4n) is 0.183. The minimum absolute atomic E-state index is 0.00926. The van der Waals surface area contributed by atoms with E-state index in [9.17, 15) is 8.42 Å². The Balaban J connectivity index is 4.95. The van der Waals surface area contributed by atoms with Crippen LogP contribution in [0, 0.1) is 0 Å². The summed E-state index contributed by atoms with van der Waals surface area (Å²) in [4.78, 5) is 0.00926. The first-order chi connectivity index (χ1) is 4.19. The predicted molar refractivity (Wildman–Crippen MR) is 45.7 cm³/mol. The zero-order chi connectivity index (χ0) is 8.58. The summed E-state index contributed by atoms with van der Waals surface area (Å²) >= 11 is 4.58. The fraction of sp³-hybridized carbons (Fsp3) is 0.800. The molecule has 0 unspecified atom stereocenters. The second kappa shape index (κ2) is 2.47. The lowest BCUT2D eigenvalue weighted by atomic mass is 10.2. The summed E-state index contributed by atoms with van der Waals surface area (Å²) in [5, 5.41) is 0. The normalized spacial score (nSPS) is 13.1. The number of hydrogen-bond acceptors (Lipinski definition) is 3. The van der Waals surface area contributed by atoms with Crippen molar-refractivity contribution in [2.45, 2.75) is 18.6 Å². The van der Waals surface area contributed by atoms with Crippen LogP contribution in [0.5, 0.6) is 0 Å². The molecule has 0 aliphatic carbocycles. The molecule has 0 rings (SSSR count). The average Bonchev–Trinajstić information content (AvgIpc) is 1.62. The number of thiocarbonyl (C=S) groups is 1. The highest BCUT2D eigenvalue weighted by atomic mass is 32.2. The maximum atomic E-state index is 10.9. The van der Waals surface area contributed by atoms with Crippen LogP contribution in [0.3, 0.4) is 0 Å². The van der Waals surface area contributed by atoms with Gasteiger partial charge in [0.2, 0.25) is 0 Å². The Morgan fingerprint density at radius 2 is 1.80 bits per heavy atom. The molecule has 0 amide bonds. The van der Waals surface area contributed by atoms with Gasteiger partial charge >= 0.3 is 0 Å². The van der Waals surface area contributed by atoms with Gasteiger partial charge in [0, 0.05) is 6.26 Å². The van der Waals surface area contributed by atoms with Gasteiger partial charge in [-0.05, 0) is 13.8 Å². The van der Waals surface area contributed by atoms with E-state index in [2.05, 4.69) is 12.2 Å². The second-order valence-electron chi connectivity index (χ2n) is 2.65. The van der Waals surface area contributed by atoms with E-state index < -0.39 is 14.6 Å². The number of rotatable bonds is 2. The third-order valence-corrected chi connectivity index (χ3v) is 4.23. The zero-order valence-corrected chi connectivity index (χ0v) is 7.84. The topological polar surface area (TPSA) is 60.2 Å². The minimum atomic E-state index is -3.17. The highest BCUT2D eigenvalue weighted by Crippen LogP contribution is 2.14. The molecule has 0 bridgehead atoms. The van der Waals surface area contributed by atoms with Crippen LogP contribution in [-0.2, 0) is 9.84 Å². The van der Waals surface area contributed by atoms with E-state index in [0.717, 1.165) is 6.26 Å². The Kier molecular flexibility index (Phi) is 2.43. The number of nitrogens with two attached hydrogens (primary N) is 1. The molecule has 0 aromatic heterocycles. The third-order valence-electron chi connectivity index (χ3n) is 1.52. The van der Waals surface area contributed by atoms with Gasteiger partial charge in [-0.2, -0.15) is 0 Å². The first-order valence-corrected chi connectivity index (χ1v) is 4.99. The van der Waals surface area contributed by atoms with Crippen LogP contribution in [-0.4, -0.2) is 24.4 Å².